The first kappa shape index (κ1) is 23.4. The summed E-state index contributed by atoms with van der Waals surface area (Å²) in [7, 11) is 0. The molecule has 2 aliphatic heterocycles. The Balaban J connectivity index is 1.11. The lowest BCUT2D eigenvalue weighted by molar-refractivity contribution is -0.367. The van der Waals surface area contributed by atoms with Gasteiger partial charge in [0.15, 0.2) is 5.52 Å². The molecule has 0 spiro atoms. The third kappa shape index (κ3) is 4.96. The summed E-state index contributed by atoms with van der Waals surface area (Å²) in [6, 6.07) is 4.73. The summed E-state index contributed by atoms with van der Waals surface area (Å²) < 4.78 is 12.0. The summed E-state index contributed by atoms with van der Waals surface area (Å²) in [5, 5.41) is 3.66. The summed E-state index contributed by atoms with van der Waals surface area (Å²) in [6.07, 6.45) is 12.4. The smallest absolute Gasteiger partial charge is 0.260 e. The van der Waals surface area contributed by atoms with Gasteiger partial charge in [-0.15, -0.1) is 0 Å². The first-order valence-corrected chi connectivity index (χ1v) is 13.3. The maximum absolute atomic E-state index is 6.51. The molecule has 0 saturated carbocycles. The maximum atomic E-state index is 6.51. The monoisotopic (exact) mass is 490 g/mol. The van der Waals surface area contributed by atoms with Crippen molar-refractivity contribution in [2.45, 2.75) is 38.3 Å². The van der Waals surface area contributed by atoms with Crippen LogP contribution in [-0.2, 0) is 17.7 Å². The van der Waals surface area contributed by atoms with E-state index < -0.39 is 0 Å². The highest BCUT2D eigenvalue weighted by molar-refractivity contribution is 5.81. The molecule has 0 amide bonds. The zero-order chi connectivity index (χ0) is 24.2. The number of nitrogens with zero attached hydrogens (tertiary/aromatic N) is 4. The number of rotatable bonds is 9. The second kappa shape index (κ2) is 10.9. The van der Waals surface area contributed by atoms with Crippen molar-refractivity contribution in [2.75, 3.05) is 57.4 Å². The second-order valence-electron chi connectivity index (χ2n) is 9.84. The minimum Gasteiger partial charge on any atom is -0.489 e. The number of aromatic amines is 2. The predicted octanol–water partition coefficient (Wildman–Crippen LogP) is 2.20. The van der Waals surface area contributed by atoms with Crippen molar-refractivity contribution in [1.29, 1.82) is 0 Å². The van der Waals surface area contributed by atoms with Gasteiger partial charge in [-0.25, -0.2) is 9.97 Å². The van der Waals surface area contributed by atoms with Gasteiger partial charge in [-0.05, 0) is 42.9 Å². The molecule has 4 heterocycles. The summed E-state index contributed by atoms with van der Waals surface area (Å²) in [4.78, 5) is 20.1. The lowest BCUT2D eigenvalue weighted by atomic mass is 9.92. The molecule has 0 radical (unpaired) electrons. The van der Waals surface area contributed by atoms with Crippen LogP contribution >= 0.6 is 0 Å². The average molecular weight is 491 g/mol. The van der Waals surface area contributed by atoms with Crippen molar-refractivity contribution < 1.29 is 14.5 Å². The number of H-pyrrole nitrogens is 2. The number of aromatic nitrogens is 4. The Morgan fingerprint density at radius 1 is 1.19 bits per heavy atom. The fourth-order valence-corrected chi connectivity index (χ4v) is 5.67. The third-order valence-corrected chi connectivity index (χ3v) is 7.62. The van der Waals surface area contributed by atoms with Gasteiger partial charge in [-0.1, -0.05) is 23.2 Å². The molecular formula is C27H36N7O2+. The fraction of sp³-hybridized carbons (Fsp3) is 0.519. The Morgan fingerprint density at radius 3 is 3.08 bits per heavy atom. The first-order valence-electron chi connectivity index (χ1n) is 13.3. The number of ether oxygens (including phenoxy) is 2. The van der Waals surface area contributed by atoms with Gasteiger partial charge < -0.3 is 19.8 Å². The number of hydrogen-bond donors (Lipinski definition) is 2. The number of morpholine rings is 1. The van der Waals surface area contributed by atoms with E-state index in [1.165, 1.54) is 16.7 Å². The van der Waals surface area contributed by atoms with E-state index in [1.807, 2.05) is 0 Å². The first-order chi connectivity index (χ1) is 17.9. The van der Waals surface area contributed by atoms with Crippen molar-refractivity contribution >= 4 is 23.1 Å². The van der Waals surface area contributed by atoms with E-state index in [0.29, 0.717) is 12.6 Å². The molecule has 3 aliphatic rings. The molecule has 9 nitrogen and oxygen atoms in total. The summed E-state index contributed by atoms with van der Waals surface area (Å²) in [5.41, 5.74) is 5.77. The molecule has 3 N–H and O–H groups in total. The molecule has 2 aromatic heterocycles. The van der Waals surface area contributed by atoms with E-state index in [9.17, 15) is 0 Å². The second-order valence-corrected chi connectivity index (χ2v) is 9.84. The van der Waals surface area contributed by atoms with Crippen molar-refractivity contribution in [3.05, 3.63) is 47.6 Å². The molecule has 36 heavy (non-hydrogen) atoms. The van der Waals surface area contributed by atoms with Crippen LogP contribution in [0.5, 0.6) is 5.75 Å². The number of nitrogens with one attached hydrogen (secondary N) is 3. The normalized spacial score (nSPS) is 20.2. The maximum Gasteiger partial charge on any atom is 0.260 e. The van der Waals surface area contributed by atoms with Crippen molar-refractivity contribution in [3.63, 3.8) is 0 Å². The van der Waals surface area contributed by atoms with E-state index in [4.69, 9.17) is 9.47 Å². The SMILES string of the molecule is C1=Cc2c(OC[C@H]3CCCN3c3[nH+]cnc4nc[nH]c34)ccc(CNCCN3CCOCC3)c2CC1. The van der Waals surface area contributed by atoms with E-state index in [0.717, 1.165) is 101 Å². The molecule has 0 unspecified atom stereocenters. The number of anilines is 1. The standard InChI is InChI=1S/C27H35N7O2/c1-2-6-23-22(5-1)20(16-28-9-11-33-12-14-35-15-13-33)7-8-24(23)36-17-21-4-3-10-34(21)27-25-26(30-18-29-25)31-19-32-27/h2,6-8,18-19,21,28H,1,3-5,9-17H2,(H,29,30,31,32)/p+1/t21-/m1/s1. The Morgan fingerprint density at radius 2 is 2.14 bits per heavy atom. The number of allylic oxidation sites excluding steroid dienone is 1. The van der Waals surface area contributed by atoms with Gasteiger partial charge in [0.05, 0.1) is 26.1 Å². The highest BCUT2D eigenvalue weighted by atomic mass is 16.5. The molecule has 2 saturated heterocycles. The van der Waals surface area contributed by atoms with Crippen LogP contribution < -0.4 is 19.9 Å². The Hall–Kier alpha value is -3.01. The van der Waals surface area contributed by atoms with Gasteiger partial charge in [0.25, 0.3) is 11.5 Å². The zero-order valence-corrected chi connectivity index (χ0v) is 20.8. The molecule has 190 valence electrons. The lowest BCUT2D eigenvalue weighted by Gasteiger charge is -2.26. The number of fused-ring (bicyclic) bond motifs is 2. The molecule has 1 atom stereocenters. The van der Waals surface area contributed by atoms with Crippen LogP contribution in [0.15, 0.2) is 30.9 Å². The Bertz CT molecular complexity index is 1200. The van der Waals surface area contributed by atoms with Gasteiger partial charge >= 0.3 is 0 Å². The van der Waals surface area contributed by atoms with Crippen LogP contribution in [0.1, 0.15) is 36.0 Å². The van der Waals surface area contributed by atoms with Gasteiger partial charge in [-0.2, -0.15) is 0 Å². The predicted molar refractivity (Wildman–Crippen MR) is 139 cm³/mol. The third-order valence-electron chi connectivity index (χ3n) is 7.62. The van der Waals surface area contributed by atoms with E-state index in [-0.39, 0.29) is 0 Å². The zero-order valence-electron chi connectivity index (χ0n) is 20.8. The molecule has 3 aromatic rings. The van der Waals surface area contributed by atoms with Crippen molar-refractivity contribution in [3.8, 4) is 5.75 Å². The summed E-state index contributed by atoms with van der Waals surface area (Å²) in [6.45, 7) is 8.41. The topological polar surface area (TPSA) is 92.7 Å². The highest BCUT2D eigenvalue weighted by Crippen LogP contribution is 2.33. The Kier molecular flexibility index (Phi) is 7.11. The van der Waals surface area contributed by atoms with Crippen molar-refractivity contribution in [2.24, 2.45) is 0 Å². The molecule has 2 fully saturated rings. The van der Waals surface area contributed by atoms with Crippen LogP contribution in [0.3, 0.4) is 0 Å². The lowest BCUT2D eigenvalue weighted by Crippen LogP contribution is -2.40. The van der Waals surface area contributed by atoms with Crippen molar-refractivity contribution in [1.82, 2.24) is 25.2 Å². The summed E-state index contributed by atoms with van der Waals surface area (Å²) >= 11 is 0. The van der Waals surface area contributed by atoms with Gasteiger partial charge in [0.2, 0.25) is 6.33 Å². The summed E-state index contributed by atoms with van der Waals surface area (Å²) in [5.74, 6) is 2.04. The minimum absolute atomic E-state index is 0.305. The number of hydrogen-bond acceptors (Lipinski definition) is 7. The number of benzene rings is 1. The van der Waals surface area contributed by atoms with Crippen LogP contribution in [-0.4, -0.2) is 78.4 Å². The van der Waals surface area contributed by atoms with Gasteiger partial charge in [0.1, 0.15) is 18.4 Å². The largest absolute Gasteiger partial charge is 0.489 e. The minimum atomic E-state index is 0.305. The quantitative estimate of drug-likeness (QED) is 0.444. The molecule has 1 aromatic carbocycles. The van der Waals surface area contributed by atoms with Gasteiger partial charge in [0, 0.05) is 38.3 Å². The molecular weight excluding hydrogens is 454 g/mol. The van der Waals surface area contributed by atoms with Gasteiger partial charge in [-0.3, -0.25) is 9.80 Å². The average Bonchev–Trinajstić information content (AvgIpc) is 3.60. The van der Waals surface area contributed by atoms with Crippen LogP contribution in [0.2, 0.25) is 0 Å². The van der Waals surface area contributed by atoms with Crippen LogP contribution in [0.4, 0.5) is 5.82 Å². The molecule has 6 rings (SSSR count). The number of imidazole rings is 1. The van der Waals surface area contributed by atoms with E-state index in [2.05, 4.69) is 59.3 Å². The van der Waals surface area contributed by atoms with E-state index >= 15 is 0 Å². The molecule has 0 bridgehead atoms. The van der Waals surface area contributed by atoms with E-state index in [1.54, 1.807) is 12.7 Å². The molecule has 9 heteroatoms. The Labute approximate surface area is 211 Å². The van der Waals surface area contributed by atoms with Crippen LogP contribution in [0, 0.1) is 0 Å². The molecule has 1 aliphatic carbocycles. The fourth-order valence-electron chi connectivity index (χ4n) is 5.67. The van der Waals surface area contributed by atoms with Crippen LogP contribution in [0.25, 0.3) is 17.2 Å². The highest BCUT2D eigenvalue weighted by Gasteiger charge is 2.33.